The Labute approximate surface area is 138 Å². The van der Waals surface area contributed by atoms with E-state index in [9.17, 15) is 9.59 Å². The molecule has 1 aromatic carbocycles. The third-order valence-corrected chi connectivity index (χ3v) is 3.31. The summed E-state index contributed by atoms with van der Waals surface area (Å²) in [7, 11) is 0. The molecule has 2 N–H and O–H groups in total. The number of carbonyl (C=O) groups excluding carboxylic acids is 2. The SMILES string of the molecule is O=C(Nc1cccc(CNC(=O)c2ccco2)c1)c1cccnc1. The molecule has 0 bridgehead atoms. The van der Waals surface area contributed by atoms with Gasteiger partial charge >= 0.3 is 0 Å². The summed E-state index contributed by atoms with van der Waals surface area (Å²) in [5, 5.41) is 5.56. The van der Waals surface area contributed by atoms with Gasteiger partial charge in [0.1, 0.15) is 0 Å². The lowest BCUT2D eigenvalue weighted by Gasteiger charge is -2.08. The molecule has 0 atom stereocenters. The minimum Gasteiger partial charge on any atom is -0.459 e. The first-order valence-electron chi connectivity index (χ1n) is 7.34. The molecule has 2 heterocycles. The largest absolute Gasteiger partial charge is 0.459 e. The second kappa shape index (κ2) is 7.23. The fraction of sp³-hybridized carbons (Fsp3) is 0.0556. The summed E-state index contributed by atoms with van der Waals surface area (Å²) in [6.45, 7) is 0.330. The van der Waals surface area contributed by atoms with E-state index in [1.807, 2.05) is 12.1 Å². The lowest BCUT2D eigenvalue weighted by molar-refractivity contribution is 0.0922. The van der Waals surface area contributed by atoms with Crippen molar-refractivity contribution >= 4 is 17.5 Å². The molecule has 0 saturated carbocycles. The van der Waals surface area contributed by atoms with Crippen molar-refractivity contribution in [3.8, 4) is 0 Å². The quantitative estimate of drug-likeness (QED) is 0.757. The van der Waals surface area contributed by atoms with E-state index in [1.54, 1.807) is 42.6 Å². The molecule has 0 spiro atoms. The molecule has 0 aliphatic heterocycles. The van der Waals surface area contributed by atoms with Crippen molar-refractivity contribution in [1.29, 1.82) is 0 Å². The van der Waals surface area contributed by atoms with Crippen LogP contribution < -0.4 is 10.6 Å². The van der Waals surface area contributed by atoms with Gasteiger partial charge in [0.05, 0.1) is 11.8 Å². The molecule has 24 heavy (non-hydrogen) atoms. The van der Waals surface area contributed by atoms with E-state index in [0.717, 1.165) is 5.56 Å². The summed E-state index contributed by atoms with van der Waals surface area (Å²) >= 11 is 0. The number of furan rings is 1. The summed E-state index contributed by atoms with van der Waals surface area (Å²) in [6, 6.07) is 13.9. The number of amides is 2. The van der Waals surface area contributed by atoms with Crippen molar-refractivity contribution in [1.82, 2.24) is 10.3 Å². The van der Waals surface area contributed by atoms with E-state index in [2.05, 4.69) is 15.6 Å². The summed E-state index contributed by atoms with van der Waals surface area (Å²) < 4.78 is 5.03. The van der Waals surface area contributed by atoms with Crippen LogP contribution in [0.2, 0.25) is 0 Å². The maximum atomic E-state index is 12.1. The first-order valence-corrected chi connectivity index (χ1v) is 7.34. The molecule has 0 fully saturated rings. The fourth-order valence-electron chi connectivity index (χ4n) is 2.14. The Morgan fingerprint density at radius 2 is 1.96 bits per heavy atom. The van der Waals surface area contributed by atoms with E-state index < -0.39 is 0 Å². The van der Waals surface area contributed by atoms with Crippen LogP contribution in [0.25, 0.3) is 0 Å². The van der Waals surface area contributed by atoms with Gasteiger partial charge in [-0.3, -0.25) is 14.6 Å². The standard InChI is InChI=1S/C18H15N3O3/c22-17(14-5-2-8-19-12-14)21-15-6-1-4-13(10-15)11-20-18(23)16-7-3-9-24-16/h1-10,12H,11H2,(H,20,23)(H,21,22). The highest BCUT2D eigenvalue weighted by Crippen LogP contribution is 2.12. The number of pyridine rings is 1. The number of hydrogen-bond donors (Lipinski definition) is 2. The maximum Gasteiger partial charge on any atom is 0.287 e. The Morgan fingerprint density at radius 1 is 1.04 bits per heavy atom. The van der Waals surface area contributed by atoms with Crippen LogP contribution in [-0.2, 0) is 6.54 Å². The summed E-state index contributed by atoms with van der Waals surface area (Å²) in [5.41, 5.74) is 1.99. The first kappa shape index (κ1) is 15.5. The van der Waals surface area contributed by atoms with E-state index in [1.165, 1.54) is 12.5 Å². The summed E-state index contributed by atoms with van der Waals surface area (Å²) in [6.07, 6.45) is 4.56. The smallest absolute Gasteiger partial charge is 0.287 e. The van der Waals surface area contributed by atoms with E-state index in [-0.39, 0.29) is 17.6 Å². The second-order valence-electron chi connectivity index (χ2n) is 5.06. The molecule has 0 radical (unpaired) electrons. The van der Waals surface area contributed by atoms with E-state index in [0.29, 0.717) is 17.8 Å². The number of nitrogens with zero attached hydrogens (tertiary/aromatic N) is 1. The molecule has 6 heteroatoms. The van der Waals surface area contributed by atoms with Gasteiger partial charge in [-0.2, -0.15) is 0 Å². The van der Waals surface area contributed by atoms with Crippen LogP contribution in [0, 0.1) is 0 Å². The van der Waals surface area contributed by atoms with Crippen molar-refractivity contribution in [3.05, 3.63) is 84.1 Å². The van der Waals surface area contributed by atoms with Gasteiger partial charge < -0.3 is 15.1 Å². The fourth-order valence-corrected chi connectivity index (χ4v) is 2.14. The normalized spacial score (nSPS) is 10.2. The topological polar surface area (TPSA) is 84.2 Å². The second-order valence-corrected chi connectivity index (χ2v) is 5.06. The molecule has 0 aliphatic rings. The van der Waals surface area contributed by atoms with Gasteiger partial charge in [0.15, 0.2) is 5.76 Å². The number of benzene rings is 1. The molecule has 120 valence electrons. The minimum atomic E-state index is -0.287. The van der Waals surface area contributed by atoms with Crippen LogP contribution in [-0.4, -0.2) is 16.8 Å². The van der Waals surface area contributed by atoms with Crippen LogP contribution in [0.4, 0.5) is 5.69 Å². The average Bonchev–Trinajstić information content (AvgIpc) is 3.15. The molecule has 0 aliphatic carbocycles. The first-order chi connectivity index (χ1) is 11.7. The number of hydrogen-bond acceptors (Lipinski definition) is 4. The Morgan fingerprint density at radius 3 is 2.71 bits per heavy atom. The van der Waals surface area contributed by atoms with Crippen LogP contribution in [0.3, 0.4) is 0 Å². The van der Waals surface area contributed by atoms with Crippen LogP contribution in [0.1, 0.15) is 26.5 Å². The number of rotatable bonds is 5. The van der Waals surface area contributed by atoms with Crippen molar-refractivity contribution in [2.45, 2.75) is 6.54 Å². The van der Waals surface area contributed by atoms with Crippen molar-refractivity contribution in [2.75, 3.05) is 5.32 Å². The van der Waals surface area contributed by atoms with Gasteiger partial charge in [0.25, 0.3) is 11.8 Å². The third-order valence-electron chi connectivity index (χ3n) is 3.31. The minimum absolute atomic E-state index is 0.236. The maximum absolute atomic E-state index is 12.1. The Balaban J connectivity index is 1.62. The van der Waals surface area contributed by atoms with Gasteiger partial charge in [0.2, 0.25) is 0 Å². The van der Waals surface area contributed by atoms with Crippen molar-refractivity contribution in [2.24, 2.45) is 0 Å². The number of anilines is 1. The Bertz CT molecular complexity index is 830. The molecule has 6 nitrogen and oxygen atoms in total. The zero-order valence-corrected chi connectivity index (χ0v) is 12.7. The van der Waals surface area contributed by atoms with Crippen LogP contribution in [0.15, 0.2) is 71.6 Å². The Kier molecular flexibility index (Phi) is 4.67. The van der Waals surface area contributed by atoms with Gasteiger partial charge in [-0.25, -0.2) is 0 Å². The van der Waals surface area contributed by atoms with E-state index in [4.69, 9.17) is 4.42 Å². The molecule has 0 unspecified atom stereocenters. The molecule has 3 rings (SSSR count). The van der Waals surface area contributed by atoms with Gasteiger partial charge in [0, 0.05) is 24.6 Å². The van der Waals surface area contributed by atoms with Crippen molar-refractivity contribution < 1.29 is 14.0 Å². The average molecular weight is 321 g/mol. The van der Waals surface area contributed by atoms with Crippen LogP contribution in [0.5, 0.6) is 0 Å². The molecule has 2 aromatic heterocycles. The molecular formula is C18H15N3O3. The number of nitrogens with one attached hydrogen (secondary N) is 2. The lowest BCUT2D eigenvalue weighted by atomic mass is 10.2. The summed E-state index contributed by atoms with van der Waals surface area (Å²) in [5.74, 6) is -0.263. The predicted molar refractivity (Wildman–Crippen MR) is 88.5 cm³/mol. The molecule has 3 aromatic rings. The zero-order valence-electron chi connectivity index (χ0n) is 12.7. The lowest BCUT2D eigenvalue weighted by Crippen LogP contribution is -2.22. The Hall–Kier alpha value is -3.41. The third kappa shape index (κ3) is 3.86. The molecular weight excluding hydrogens is 306 g/mol. The molecule has 0 saturated heterocycles. The highest BCUT2D eigenvalue weighted by Gasteiger charge is 2.09. The van der Waals surface area contributed by atoms with Crippen molar-refractivity contribution in [3.63, 3.8) is 0 Å². The van der Waals surface area contributed by atoms with E-state index >= 15 is 0 Å². The zero-order chi connectivity index (χ0) is 16.8. The van der Waals surface area contributed by atoms with Gasteiger partial charge in [-0.15, -0.1) is 0 Å². The van der Waals surface area contributed by atoms with Crippen LogP contribution >= 0.6 is 0 Å². The highest BCUT2D eigenvalue weighted by atomic mass is 16.3. The van der Waals surface area contributed by atoms with Gasteiger partial charge in [-0.1, -0.05) is 12.1 Å². The summed E-state index contributed by atoms with van der Waals surface area (Å²) in [4.78, 5) is 27.9. The van der Waals surface area contributed by atoms with Gasteiger partial charge in [-0.05, 0) is 42.0 Å². The monoisotopic (exact) mass is 321 g/mol. The highest BCUT2D eigenvalue weighted by molar-refractivity contribution is 6.04. The number of carbonyl (C=O) groups is 2. The number of aromatic nitrogens is 1. The molecule has 2 amide bonds. The predicted octanol–water partition coefficient (Wildman–Crippen LogP) is 2.86.